The van der Waals surface area contributed by atoms with Gasteiger partial charge in [-0.25, -0.2) is 10.4 Å². The summed E-state index contributed by atoms with van der Waals surface area (Å²) in [4.78, 5) is 3.67. The Bertz CT molecular complexity index is 77.7. The lowest BCUT2D eigenvalue weighted by atomic mass is 10.8. The second kappa shape index (κ2) is 6.17. The van der Waals surface area contributed by atoms with Crippen molar-refractivity contribution in [1.29, 1.82) is 0 Å². The highest BCUT2D eigenvalue weighted by Gasteiger charge is 1.66. The van der Waals surface area contributed by atoms with Crippen molar-refractivity contribution in [2.75, 3.05) is 6.54 Å². The summed E-state index contributed by atoms with van der Waals surface area (Å²) in [5.41, 5.74) is 5.56. The molecule has 0 aromatic carbocycles. The molecule has 0 unspecified atom stereocenters. The summed E-state index contributed by atoms with van der Waals surface area (Å²) in [6, 6.07) is 0. The Balaban J connectivity index is 2.91. The summed E-state index contributed by atoms with van der Waals surface area (Å²) in [5.74, 6) is 0. The van der Waals surface area contributed by atoms with E-state index >= 15 is 0 Å². The average Bonchev–Trinajstić information content (AvgIpc) is 1.81. The molecule has 0 fully saturated rings. The normalized spacial score (nSPS) is 9.62. The van der Waals surface area contributed by atoms with E-state index < -0.39 is 0 Å². The maximum Gasteiger partial charge on any atom is 0.102 e. The van der Waals surface area contributed by atoms with Gasteiger partial charge in [0, 0.05) is 12.7 Å². The molecule has 0 radical (unpaired) electrons. The van der Waals surface area contributed by atoms with Gasteiger partial charge in [0.15, 0.2) is 0 Å². The topological polar surface area (TPSA) is 36.4 Å². The molecule has 0 amide bonds. The highest BCUT2D eigenvalue weighted by molar-refractivity contribution is 5.54. The summed E-state index contributed by atoms with van der Waals surface area (Å²) in [5, 5.41) is 0. The van der Waals surface area contributed by atoms with Gasteiger partial charge in [0.05, 0.1) is 0 Å². The van der Waals surface area contributed by atoms with Crippen molar-refractivity contribution in [3.05, 3.63) is 12.8 Å². The Kier molecular flexibility index (Phi) is 5.53. The SMILES string of the molecule is C=CN=CNNCC. The molecule has 2 N–H and O–H groups in total. The van der Waals surface area contributed by atoms with Crippen molar-refractivity contribution >= 4 is 6.34 Å². The minimum Gasteiger partial charge on any atom is -0.312 e. The van der Waals surface area contributed by atoms with E-state index in [1.807, 2.05) is 6.92 Å². The molecule has 0 spiro atoms. The summed E-state index contributed by atoms with van der Waals surface area (Å²) in [7, 11) is 0. The fourth-order valence-electron chi connectivity index (χ4n) is 0.238. The summed E-state index contributed by atoms with van der Waals surface area (Å²) >= 11 is 0. The monoisotopic (exact) mass is 113 g/mol. The predicted octanol–water partition coefficient (Wildman–Crippen LogP) is 0.272. The van der Waals surface area contributed by atoms with E-state index in [-0.39, 0.29) is 0 Å². The molecule has 0 aromatic rings. The van der Waals surface area contributed by atoms with E-state index in [1.54, 1.807) is 0 Å². The molecule has 0 aliphatic heterocycles. The van der Waals surface area contributed by atoms with Gasteiger partial charge in [-0.15, -0.1) is 0 Å². The van der Waals surface area contributed by atoms with Crippen molar-refractivity contribution in [1.82, 2.24) is 10.9 Å². The molecule has 0 saturated carbocycles. The molecule has 0 rings (SSSR count). The van der Waals surface area contributed by atoms with Crippen molar-refractivity contribution < 1.29 is 0 Å². The van der Waals surface area contributed by atoms with Gasteiger partial charge < -0.3 is 5.43 Å². The van der Waals surface area contributed by atoms with Gasteiger partial charge in [0.2, 0.25) is 0 Å². The maximum absolute atomic E-state index is 3.67. The third kappa shape index (κ3) is 5.17. The second-order valence-corrected chi connectivity index (χ2v) is 1.14. The smallest absolute Gasteiger partial charge is 0.102 e. The molecule has 8 heavy (non-hydrogen) atoms. The number of hydrogen-bond acceptors (Lipinski definition) is 2. The molecule has 3 heteroatoms. The van der Waals surface area contributed by atoms with Crippen molar-refractivity contribution in [3.8, 4) is 0 Å². The molecule has 46 valence electrons. The maximum atomic E-state index is 3.67. The lowest BCUT2D eigenvalue weighted by Crippen LogP contribution is -2.29. The fraction of sp³-hybridized carbons (Fsp3) is 0.400. The highest BCUT2D eigenvalue weighted by Crippen LogP contribution is 1.56. The molecule has 0 atom stereocenters. The van der Waals surface area contributed by atoms with Crippen LogP contribution in [0.15, 0.2) is 17.8 Å². The lowest BCUT2D eigenvalue weighted by molar-refractivity contribution is 0.694. The van der Waals surface area contributed by atoms with Gasteiger partial charge in [0.1, 0.15) is 6.34 Å². The number of nitrogens with zero attached hydrogens (tertiary/aromatic N) is 1. The van der Waals surface area contributed by atoms with Crippen LogP contribution in [-0.2, 0) is 0 Å². The molecule has 0 aliphatic carbocycles. The Hall–Kier alpha value is -0.830. The number of hydrogen-bond donors (Lipinski definition) is 2. The van der Waals surface area contributed by atoms with Crippen molar-refractivity contribution in [3.63, 3.8) is 0 Å². The number of nitrogens with one attached hydrogen (secondary N) is 2. The van der Waals surface area contributed by atoms with Crippen LogP contribution in [0.2, 0.25) is 0 Å². The average molecular weight is 113 g/mol. The van der Waals surface area contributed by atoms with Crippen LogP contribution >= 0.6 is 0 Å². The first-order chi connectivity index (χ1) is 3.91. The third-order valence-electron chi connectivity index (χ3n) is 0.523. The van der Waals surface area contributed by atoms with Crippen LogP contribution in [0.5, 0.6) is 0 Å². The Morgan fingerprint density at radius 2 is 2.50 bits per heavy atom. The second-order valence-electron chi connectivity index (χ2n) is 1.14. The zero-order valence-corrected chi connectivity index (χ0v) is 5.02. The van der Waals surface area contributed by atoms with Gasteiger partial charge in [-0.2, -0.15) is 0 Å². The summed E-state index contributed by atoms with van der Waals surface area (Å²) < 4.78 is 0. The molecular weight excluding hydrogens is 102 g/mol. The zero-order valence-electron chi connectivity index (χ0n) is 5.02. The van der Waals surface area contributed by atoms with Crippen molar-refractivity contribution in [2.24, 2.45) is 4.99 Å². The largest absolute Gasteiger partial charge is 0.312 e. The minimum absolute atomic E-state index is 0.878. The quantitative estimate of drug-likeness (QED) is 0.238. The molecule has 0 aromatic heterocycles. The first-order valence-corrected chi connectivity index (χ1v) is 2.52. The van der Waals surface area contributed by atoms with Gasteiger partial charge >= 0.3 is 0 Å². The molecule has 0 aliphatic rings. The lowest BCUT2D eigenvalue weighted by Gasteiger charge is -1.94. The van der Waals surface area contributed by atoms with E-state index in [9.17, 15) is 0 Å². The van der Waals surface area contributed by atoms with E-state index in [2.05, 4.69) is 22.4 Å². The van der Waals surface area contributed by atoms with Gasteiger partial charge in [-0.1, -0.05) is 13.5 Å². The van der Waals surface area contributed by atoms with Crippen LogP contribution in [-0.4, -0.2) is 12.9 Å². The first-order valence-electron chi connectivity index (χ1n) is 2.52. The van der Waals surface area contributed by atoms with Gasteiger partial charge in [-0.3, -0.25) is 0 Å². The first kappa shape index (κ1) is 7.17. The van der Waals surface area contributed by atoms with Gasteiger partial charge in [-0.05, 0) is 0 Å². The highest BCUT2D eigenvalue weighted by atomic mass is 15.3. The van der Waals surface area contributed by atoms with Gasteiger partial charge in [0.25, 0.3) is 0 Å². The van der Waals surface area contributed by atoms with Crippen LogP contribution < -0.4 is 10.9 Å². The number of hydrazine groups is 1. The number of aliphatic imine (C=N–C) groups is 1. The van der Waals surface area contributed by atoms with Crippen LogP contribution in [0.1, 0.15) is 6.92 Å². The van der Waals surface area contributed by atoms with E-state index in [0.717, 1.165) is 6.54 Å². The molecule has 0 saturated heterocycles. The zero-order chi connectivity index (χ0) is 6.24. The van der Waals surface area contributed by atoms with Crippen molar-refractivity contribution in [2.45, 2.75) is 6.92 Å². The number of rotatable bonds is 4. The molecule has 3 nitrogen and oxygen atoms in total. The van der Waals surface area contributed by atoms with Crippen LogP contribution in [0.4, 0.5) is 0 Å². The Labute approximate surface area is 49.5 Å². The van der Waals surface area contributed by atoms with E-state index in [1.165, 1.54) is 12.5 Å². The van der Waals surface area contributed by atoms with E-state index in [0.29, 0.717) is 0 Å². The standard InChI is InChI=1S/C5H11N3/c1-3-6-5-8-7-4-2/h3,5,7H,1,4H2,2H3,(H,6,8). The van der Waals surface area contributed by atoms with E-state index in [4.69, 9.17) is 0 Å². The predicted molar refractivity (Wildman–Crippen MR) is 35.5 cm³/mol. The Morgan fingerprint density at radius 1 is 1.75 bits per heavy atom. The van der Waals surface area contributed by atoms with Crippen LogP contribution in [0, 0.1) is 0 Å². The fourth-order valence-corrected chi connectivity index (χ4v) is 0.238. The van der Waals surface area contributed by atoms with Crippen LogP contribution in [0.3, 0.4) is 0 Å². The van der Waals surface area contributed by atoms with Crippen LogP contribution in [0.25, 0.3) is 0 Å². The molecule has 0 bridgehead atoms. The summed E-state index contributed by atoms with van der Waals surface area (Å²) in [6.45, 7) is 6.27. The Morgan fingerprint density at radius 3 is 3.00 bits per heavy atom. The minimum atomic E-state index is 0.878. The summed E-state index contributed by atoms with van der Waals surface area (Å²) in [6.07, 6.45) is 3.00. The molecular formula is C5H11N3. The molecule has 0 heterocycles. The third-order valence-corrected chi connectivity index (χ3v) is 0.523.